The molecule has 1 fully saturated rings. The van der Waals surface area contributed by atoms with Gasteiger partial charge < -0.3 is 14.8 Å². The van der Waals surface area contributed by atoms with Gasteiger partial charge in [-0.2, -0.15) is 13.2 Å². The Morgan fingerprint density at radius 3 is 2.33 bits per heavy atom. The molecule has 3 amide bonds. The zero-order valence-electron chi connectivity index (χ0n) is 24.8. The number of benzene rings is 3. The lowest BCUT2D eigenvalue weighted by Gasteiger charge is -2.31. The van der Waals surface area contributed by atoms with Gasteiger partial charge in [-0.05, 0) is 48.0 Å². The average molecular weight is 701 g/mol. The fourth-order valence-corrected chi connectivity index (χ4v) is 8.53. The number of nitro groups is 1. The Kier molecular flexibility index (Phi) is 8.51. The summed E-state index contributed by atoms with van der Waals surface area (Å²) in [5, 5.41) is 12.8. The number of nitro benzene ring substituents is 1. The number of thioether (sulfide) groups is 1. The predicted molar refractivity (Wildman–Crippen MR) is 169 cm³/mol. The van der Waals surface area contributed by atoms with Gasteiger partial charge in [0.2, 0.25) is 17.7 Å². The minimum Gasteiger partial charge on any atom is -0.493 e. The van der Waals surface area contributed by atoms with Crippen LogP contribution in [0, 0.1) is 16.0 Å². The van der Waals surface area contributed by atoms with Gasteiger partial charge in [-0.1, -0.05) is 35.2 Å². The second-order valence-corrected chi connectivity index (χ2v) is 12.8. The zero-order chi connectivity index (χ0) is 34.5. The predicted octanol–water partition coefficient (Wildman–Crippen LogP) is 5.29. The summed E-state index contributed by atoms with van der Waals surface area (Å²) in [6.45, 7) is -0.585. The summed E-state index contributed by atoms with van der Waals surface area (Å²) < 4.78 is 51.6. The highest BCUT2D eigenvalue weighted by atomic mass is 32.2. The molecule has 48 heavy (non-hydrogen) atoms. The molecule has 0 aliphatic carbocycles. The SMILES string of the molecule is COc1ccc([C@@H]2c3sc(=O)n(CC(=O)Nc4cccc(C(F)(F)F)c4)c3S[C@@H]3C(=O)N(c4ccc([N+](=O)[O-])cc4)C(=O)[C@H]23)cc1OC. The number of anilines is 2. The number of hydrogen-bond acceptors (Lipinski definition) is 10. The summed E-state index contributed by atoms with van der Waals surface area (Å²) in [6, 6.07) is 13.9. The van der Waals surface area contributed by atoms with Crippen LogP contribution in [0.3, 0.4) is 0 Å². The van der Waals surface area contributed by atoms with Crippen molar-refractivity contribution in [2.75, 3.05) is 24.4 Å². The second kappa shape index (κ2) is 12.5. The first kappa shape index (κ1) is 32.8. The van der Waals surface area contributed by atoms with Crippen LogP contribution in [-0.4, -0.2) is 46.7 Å². The summed E-state index contributed by atoms with van der Waals surface area (Å²) in [7, 11) is 2.87. The molecule has 248 valence electrons. The van der Waals surface area contributed by atoms with Gasteiger partial charge in [0.15, 0.2) is 11.5 Å². The number of nitrogens with zero attached hydrogens (tertiary/aromatic N) is 3. The number of alkyl halides is 3. The van der Waals surface area contributed by atoms with E-state index in [0.717, 1.165) is 50.8 Å². The van der Waals surface area contributed by atoms with E-state index >= 15 is 0 Å². The van der Waals surface area contributed by atoms with Crippen molar-refractivity contribution in [3.63, 3.8) is 0 Å². The Morgan fingerprint density at radius 1 is 0.979 bits per heavy atom. The third kappa shape index (κ3) is 5.79. The summed E-state index contributed by atoms with van der Waals surface area (Å²) in [6.07, 6.45) is -4.63. The summed E-state index contributed by atoms with van der Waals surface area (Å²) in [5.41, 5.74) is -0.692. The summed E-state index contributed by atoms with van der Waals surface area (Å²) in [4.78, 5) is 65.8. The Morgan fingerprint density at radius 2 is 1.69 bits per heavy atom. The Labute approximate surface area is 277 Å². The maximum atomic E-state index is 14.1. The van der Waals surface area contributed by atoms with E-state index < -0.39 is 62.9 Å². The second-order valence-electron chi connectivity index (χ2n) is 10.7. The van der Waals surface area contributed by atoms with Crippen LogP contribution in [0.25, 0.3) is 0 Å². The van der Waals surface area contributed by atoms with Gasteiger partial charge in [-0.3, -0.25) is 33.9 Å². The van der Waals surface area contributed by atoms with Crippen molar-refractivity contribution in [2.45, 2.75) is 28.9 Å². The van der Waals surface area contributed by atoms with Gasteiger partial charge in [-0.25, -0.2) is 4.90 Å². The van der Waals surface area contributed by atoms with Crippen LogP contribution >= 0.6 is 23.1 Å². The molecule has 3 heterocycles. The van der Waals surface area contributed by atoms with Crippen molar-refractivity contribution in [2.24, 2.45) is 5.92 Å². The van der Waals surface area contributed by atoms with E-state index in [0.29, 0.717) is 21.9 Å². The Hall–Kier alpha value is -5.16. The highest BCUT2D eigenvalue weighted by molar-refractivity contribution is 8.00. The first-order valence-corrected chi connectivity index (χ1v) is 15.7. The third-order valence-corrected chi connectivity index (χ3v) is 10.5. The number of imide groups is 1. The molecular formula is C31H23F3N4O8S2. The van der Waals surface area contributed by atoms with Gasteiger partial charge >= 0.3 is 11.0 Å². The van der Waals surface area contributed by atoms with E-state index in [1.165, 1.54) is 44.6 Å². The van der Waals surface area contributed by atoms with Crippen LogP contribution in [0.5, 0.6) is 11.5 Å². The van der Waals surface area contributed by atoms with E-state index in [9.17, 15) is 42.5 Å². The van der Waals surface area contributed by atoms with Gasteiger partial charge in [-0.15, -0.1) is 0 Å². The molecule has 2 aliphatic rings. The molecule has 0 spiro atoms. The number of amides is 3. The fourth-order valence-electron chi connectivity index (χ4n) is 5.76. The van der Waals surface area contributed by atoms with Crippen LogP contribution in [0.2, 0.25) is 0 Å². The molecule has 0 saturated carbocycles. The van der Waals surface area contributed by atoms with Crippen molar-refractivity contribution < 1.29 is 42.0 Å². The van der Waals surface area contributed by atoms with Crippen LogP contribution in [-0.2, 0) is 27.1 Å². The number of aromatic nitrogens is 1. The lowest BCUT2D eigenvalue weighted by atomic mass is 9.83. The molecule has 0 bridgehead atoms. The number of hydrogen-bond donors (Lipinski definition) is 1. The van der Waals surface area contributed by atoms with Crippen LogP contribution < -0.4 is 24.6 Å². The number of ether oxygens (including phenoxy) is 2. The number of carbonyl (C=O) groups excluding carboxylic acids is 3. The number of halogens is 3. The maximum Gasteiger partial charge on any atom is 0.416 e. The van der Waals surface area contributed by atoms with E-state index in [2.05, 4.69) is 5.32 Å². The smallest absolute Gasteiger partial charge is 0.416 e. The quantitative estimate of drug-likeness (QED) is 0.147. The van der Waals surface area contributed by atoms with Crippen LogP contribution in [0.15, 0.2) is 76.6 Å². The molecule has 1 saturated heterocycles. The molecular weight excluding hydrogens is 677 g/mol. The standard InChI is InChI=1S/C31H23F3N4O8S2/c1-45-20-11-6-15(12-21(20)46-2)23-24-25(28(41)37(27(24)40)18-7-9-19(10-8-18)38(43)44)47-29-26(23)48-30(42)36(29)14-22(39)35-17-5-3-4-16(13-17)31(32,33)34/h3-13,23-25H,14H2,1-2H3,(H,35,39)/t23-,24+,25-/m0/s1. The number of nitrogens with one attached hydrogen (secondary N) is 1. The average Bonchev–Trinajstić information content (AvgIpc) is 3.50. The number of rotatable bonds is 8. The van der Waals surface area contributed by atoms with Gasteiger partial charge in [0.05, 0.1) is 41.3 Å². The molecule has 6 rings (SSSR count). The van der Waals surface area contributed by atoms with Gasteiger partial charge in [0.1, 0.15) is 11.8 Å². The van der Waals surface area contributed by atoms with E-state index in [4.69, 9.17) is 9.47 Å². The lowest BCUT2D eigenvalue weighted by molar-refractivity contribution is -0.384. The molecule has 1 N–H and O–H groups in total. The molecule has 0 radical (unpaired) electrons. The molecule has 0 unspecified atom stereocenters. The first-order valence-electron chi connectivity index (χ1n) is 14.0. The van der Waals surface area contributed by atoms with Gasteiger partial charge in [0.25, 0.3) is 5.69 Å². The highest BCUT2D eigenvalue weighted by Gasteiger charge is 2.57. The normalized spacial score (nSPS) is 18.7. The van der Waals surface area contributed by atoms with E-state index in [-0.39, 0.29) is 22.1 Å². The summed E-state index contributed by atoms with van der Waals surface area (Å²) >= 11 is 1.71. The number of non-ortho nitro benzene ring substituents is 1. The van der Waals surface area contributed by atoms with Crippen molar-refractivity contribution in [1.82, 2.24) is 4.57 Å². The highest BCUT2D eigenvalue weighted by Crippen LogP contribution is 2.54. The van der Waals surface area contributed by atoms with Crippen molar-refractivity contribution >= 4 is 57.9 Å². The van der Waals surface area contributed by atoms with Crippen molar-refractivity contribution in [1.29, 1.82) is 0 Å². The van der Waals surface area contributed by atoms with Crippen LogP contribution in [0.1, 0.15) is 21.9 Å². The Balaban J connectivity index is 1.40. The van der Waals surface area contributed by atoms with Crippen molar-refractivity contribution in [3.05, 3.63) is 103 Å². The lowest BCUT2D eigenvalue weighted by Crippen LogP contribution is -2.33. The molecule has 3 atom stereocenters. The molecule has 2 aliphatic heterocycles. The topological polar surface area (TPSA) is 150 Å². The molecule has 1 aromatic heterocycles. The Bertz CT molecular complexity index is 2030. The maximum absolute atomic E-state index is 14.1. The third-order valence-electron chi connectivity index (χ3n) is 7.91. The first-order chi connectivity index (χ1) is 22.8. The van der Waals surface area contributed by atoms with E-state index in [1.807, 2.05) is 0 Å². The van der Waals surface area contributed by atoms with Gasteiger partial charge in [0, 0.05) is 28.6 Å². The zero-order valence-corrected chi connectivity index (χ0v) is 26.5. The fraction of sp³-hybridized carbons (Fsp3) is 0.226. The number of methoxy groups -OCH3 is 2. The van der Waals surface area contributed by atoms with E-state index in [1.54, 1.807) is 18.2 Å². The molecule has 12 nitrogen and oxygen atoms in total. The number of carbonyl (C=O) groups is 3. The number of thiazole rings is 1. The minimum absolute atomic E-state index is 0.123. The largest absolute Gasteiger partial charge is 0.493 e. The monoisotopic (exact) mass is 700 g/mol. The molecule has 4 aromatic rings. The molecule has 17 heteroatoms. The minimum atomic E-state index is -4.63. The van der Waals surface area contributed by atoms with Crippen LogP contribution in [0.4, 0.5) is 30.2 Å². The van der Waals surface area contributed by atoms with Crippen molar-refractivity contribution in [3.8, 4) is 11.5 Å². The summed E-state index contributed by atoms with van der Waals surface area (Å²) in [5.74, 6) is -3.18. The molecule has 3 aromatic carbocycles. The number of fused-ring (bicyclic) bond motifs is 2.